The van der Waals surface area contributed by atoms with E-state index in [1.807, 2.05) is 0 Å². The van der Waals surface area contributed by atoms with Crippen LogP contribution in [0.3, 0.4) is 0 Å². The smallest absolute Gasteiger partial charge is 0.0471 e. The van der Waals surface area contributed by atoms with Crippen molar-refractivity contribution in [2.45, 2.75) is 38.8 Å². The molecule has 0 atom stereocenters. The van der Waals surface area contributed by atoms with Gasteiger partial charge in [-0.3, -0.25) is 0 Å². The molecule has 1 aliphatic heterocycles. The van der Waals surface area contributed by atoms with E-state index in [1.54, 1.807) is 0 Å². The van der Waals surface area contributed by atoms with Gasteiger partial charge in [-0.05, 0) is 52.0 Å². The normalized spacial score (nSPS) is 22.5. The number of benzene rings is 1. The van der Waals surface area contributed by atoms with Crippen LogP contribution < -0.4 is 10.2 Å². The Morgan fingerprint density at radius 2 is 1.71 bits per heavy atom. The predicted octanol–water partition coefficient (Wildman–Crippen LogP) is 3.42. The first kappa shape index (κ1) is 12.9. The molecular weight excluding hydrogens is 276 g/mol. The molecule has 17 heavy (non-hydrogen) atoms. The monoisotopic (exact) mass is 296 g/mol. The van der Waals surface area contributed by atoms with Gasteiger partial charge in [-0.25, -0.2) is 0 Å². The van der Waals surface area contributed by atoms with Crippen LogP contribution in [0, 0.1) is 0 Å². The van der Waals surface area contributed by atoms with E-state index in [0.717, 1.165) is 17.6 Å². The zero-order valence-corrected chi connectivity index (χ0v) is 12.6. The van der Waals surface area contributed by atoms with Gasteiger partial charge in [0.1, 0.15) is 0 Å². The summed E-state index contributed by atoms with van der Waals surface area (Å²) in [5.74, 6) is 0. The molecule has 1 aliphatic rings. The average molecular weight is 297 g/mol. The zero-order chi connectivity index (χ0) is 12.7. The predicted molar refractivity (Wildman–Crippen MR) is 77.6 cm³/mol. The minimum atomic E-state index is 0.156. The van der Waals surface area contributed by atoms with E-state index in [2.05, 4.69) is 78.1 Å². The lowest BCUT2D eigenvalue weighted by molar-refractivity contribution is 0.261. The van der Waals surface area contributed by atoms with Crippen molar-refractivity contribution < 1.29 is 0 Å². The number of hydrogen-bond donors (Lipinski definition) is 1. The van der Waals surface area contributed by atoms with Crippen molar-refractivity contribution in [1.29, 1.82) is 0 Å². The quantitative estimate of drug-likeness (QED) is 0.854. The molecule has 1 aromatic rings. The molecule has 1 fully saturated rings. The molecule has 94 valence electrons. The average Bonchev–Trinajstić information content (AvgIpc) is 2.24. The van der Waals surface area contributed by atoms with E-state index >= 15 is 0 Å². The Morgan fingerprint density at radius 1 is 1.12 bits per heavy atom. The number of halogens is 1. The maximum atomic E-state index is 3.61. The highest BCUT2D eigenvalue weighted by atomic mass is 79.9. The Morgan fingerprint density at radius 3 is 2.29 bits per heavy atom. The van der Waals surface area contributed by atoms with Gasteiger partial charge in [-0.15, -0.1) is 0 Å². The Balaban J connectivity index is 2.30. The fourth-order valence-corrected chi connectivity index (χ4v) is 2.54. The minimum absolute atomic E-state index is 0.156. The maximum absolute atomic E-state index is 3.61. The van der Waals surface area contributed by atoms with Crippen LogP contribution in [0.25, 0.3) is 0 Å². The second kappa shape index (κ2) is 4.29. The van der Waals surface area contributed by atoms with Crippen molar-refractivity contribution in [1.82, 2.24) is 5.32 Å². The van der Waals surface area contributed by atoms with Gasteiger partial charge in [0.25, 0.3) is 0 Å². The van der Waals surface area contributed by atoms with Crippen LogP contribution in [0.15, 0.2) is 28.7 Å². The van der Waals surface area contributed by atoms with Gasteiger partial charge >= 0.3 is 0 Å². The van der Waals surface area contributed by atoms with Crippen LogP contribution >= 0.6 is 15.9 Å². The number of nitrogens with zero attached hydrogens (tertiary/aromatic N) is 1. The highest BCUT2D eigenvalue weighted by Gasteiger charge is 2.37. The van der Waals surface area contributed by atoms with Crippen molar-refractivity contribution in [2.24, 2.45) is 0 Å². The van der Waals surface area contributed by atoms with E-state index in [9.17, 15) is 0 Å². The summed E-state index contributed by atoms with van der Waals surface area (Å²) in [5, 5.41) is 3.61. The number of hydrogen-bond acceptors (Lipinski definition) is 2. The van der Waals surface area contributed by atoms with Gasteiger partial charge in [-0.2, -0.15) is 0 Å². The molecule has 1 saturated heterocycles. The second-order valence-electron chi connectivity index (χ2n) is 6.11. The lowest BCUT2D eigenvalue weighted by atomic mass is 9.91. The Labute approximate surface area is 113 Å². The summed E-state index contributed by atoms with van der Waals surface area (Å²) in [5.41, 5.74) is 1.62. The zero-order valence-electron chi connectivity index (χ0n) is 11.0. The Bertz CT molecular complexity index is 395. The van der Waals surface area contributed by atoms with Crippen LogP contribution in [0.4, 0.5) is 5.69 Å². The van der Waals surface area contributed by atoms with Crippen LogP contribution in [-0.2, 0) is 0 Å². The molecule has 0 spiro atoms. The first-order valence-corrected chi connectivity index (χ1v) is 6.88. The molecule has 0 radical (unpaired) electrons. The molecule has 1 aromatic carbocycles. The lowest BCUT2D eigenvalue weighted by Gasteiger charge is -2.51. The first-order valence-electron chi connectivity index (χ1n) is 6.08. The minimum Gasteiger partial charge on any atom is -0.363 e. The molecule has 0 aromatic heterocycles. The van der Waals surface area contributed by atoms with Gasteiger partial charge in [0.15, 0.2) is 0 Å². The van der Waals surface area contributed by atoms with Crippen LogP contribution in [0.5, 0.6) is 0 Å². The molecule has 0 amide bonds. The fraction of sp³-hybridized carbons (Fsp3) is 0.571. The van der Waals surface area contributed by atoms with E-state index in [4.69, 9.17) is 0 Å². The van der Waals surface area contributed by atoms with Crippen LogP contribution in [0.2, 0.25) is 0 Å². The summed E-state index contributed by atoms with van der Waals surface area (Å²) in [7, 11) is 0. The third-order valence-corrected chi connectivity index (χ3v) is 3.95. The molecule has 2 rings (SSSR count). The van der Waals surface area contributed by atoms with Crippen molar-refractivity contribution in [3.05, 3.63) is 28.7 Å². The summed E-state index contributed by atoms with van der Waals surface area (Å²) in [6, 6.07) is 8.60. The number of rotatable bonds is 1. The topological polar surface area (TPSA) is 15.3 Å². The van der Waals surface area contributed by atoms with Crippen molar-refractivity contribution in [3.8, 4) is 0 Å². The molecule has 0 bridgehead atoms. The summed E-state index contributed by atoms with van der Waals surface area (Å²) >= 11 is 3.49. The molecular formula is C14H21BrN2. The maximum Gasteiger partial charge on any atom is 0.0471 e. The fourth-order valence-electron chi connectivity index (χ4n) is 2.28. The van der Waals surface area contributed by atoms with E-state index in [-0.39, 0.29) is 11.1 Å². The summed E-state index contributed by atoms with van der Waals surface area (Å²) in [4.78, 5) is 2.50. The van der Waals surface area contributed by atoms with E-state index in [1.165, 1.54) is 5.69 Å². The molecule has 1 heterocycles. The van der Waals surface area contributed by atoms with E-state index < -0.39 is 0 Å². The van der Waals surface area contributed by atoms with Gasteiger partial charge in [0.2, 0.25) is 0 Å². The summed E-state index contributed by atoms with van der Waals surface area (Å²) < 4.78 is 1.13. The van der Waals surface area contributed by atoms with Gasteiger partial charge in [-0.1, -0.05) is 15.9 Å². The largest absolute Gasteiger partial charge is 0.363 e. The standard InChI is InChI=1S/C14H21BrN2/c1-13(2)10-17(14(3,4)9-16-13)12-7-5-11(15)6-8-12/h5-8,16H,9-10H2,1-4H3. The number of piperazine rings is 1. The third-order valence-electron chi connectivity index (χ3n) is 3.42. The van der Waals surface area contributed by atoms with Crippen LogP contribution in [-0.4, -0.2) is 24.2 Å². The van der Waals surface area contributed by atoms with Crippen molar-refractivity contribution in [3.63, 3.8) is 0 Å². The lowest BCUT2D eigenvalue weighted by Crippen LogP contribution is -2.66. The molecule has 0 aliphatic carbocycles. The second-order valence-corrected chi connectivity index (χ2v) is 7.03. The Kier molecular flexibility index (Phi) is 3.25. The summed E-state index contributed by atoms with van der Waals surface area (Å²) in [6.45, 7) is 11.1. The van der Waals surface area contributed by atoms with Gasteiger partial charge < -0.3 is 10.2 Å². The van der Waals surface area contributed by atoms with Gasteiger partial charge in [0.05, 0.1) is 0 Å². The van der Waals surface area contributed by atoms with Crippen molar-refractivity contribution >= 4 is 21.6 Å². The number of nitrogens with one attached hydrogen (secondary N) is 1. The van der Waals surface area contributed by atoms with Gasteiger partial charge in [0, 0.05) is 34.3 Å². The van der Waals surface area contributed by atoms with Crippen molar-refractivity contribution in [2.75, 3.05) is 18.0 Å². The third kappa shape index (κ3) is 2.83. The highest BCUT2D eigenvalue weighted by molar-refractivity contribution is 9.10. The van der Waals surface area contributed by atoms with E-state index in [0.29, 0.717) is 0 Å². The Hall–Kier alpha value is -0.540. The summed E-state index contributed by atoms with van der Waals surface area (Å²) in [6.07, 6.45) is 0. The SMILES string of the molecule is CC1(C)CN(c2ccc(Br)cc2)C(C)(C)CN1. The molecule has 1 N–H and O–H groups in total. The molecule has 0 unspecified atom stereocenters. The highest BCUT2D eigenvalue weighted by Crippen LogP contribution is 2.30. The molecule has 3 heteroatoms. The van der Waals surface area contributed by atoms with Crippen LogP contribution in [0.1, 0.15) is 27.7 Å². The first-order chi connectivity index (χ1) is 7.80. The molecule has 2 nitrogen and oxygen atoms in total. The molecule has 0 saturated carbocycles. The number of anilines is 1.